The van der Waals surface area contributed by atoms with Gasteiger partial charge in [-0.25, -0.2) is 13.2 Å². The summed E-state index contributed by atoms with van der Waals surface area (Å²) < 4.78 is 23.0. The molecule has 1 saturated carbocycles. The Morgan fingerprint density at radius 1 is 1.38 bits per heavy atom. The maximum absolute atomic E-state index is 12.0. The summed E-state index contributed by atoms with van der Waals surface area (Å²) in [6.45, 7) is 4.42. The average Bonchev–Trinajstić information content (AvgIpc) is 2.78. The summed E-state index contributed by atoms with van der Waals surface area (Å²) >= 11 is 0. The number of rotatable bonds is 3. The third-order valence-electron chi connectivity index (χ3n) is 2.49. The van der Waals surface area contributed by atoms with Crippen LogP contribution in [0.25, 0.3) is 0 Å². The molecule has 1 aliphatic carbocycles. The Kier molecular flexibility index (Phi) is 2.79. The number of amides is 1. The van der Waals surface area contributed by atoms with Crippen molar-refractivity contribution in [2.24, 2.45) is 0 Å². The first-order valence-corrected chi connectivity index (χ1v) is 6.27. The van der Waals surface area contributed by atoms with Gasteiger partial charge in [0, 0.05) is 0 Å². The van der Waals surface area contributed by atoms with E-state index in [2.05, 4.69) is 0 Å². The maximum atomic E-state index is 12.0. The van der Waals surface area contributed by atoms with Crippen LogP contribution in [0.4, 0.5) is 4.79 Å². The first-order valence-electron chi connectivity index (χ1n) is 4.83. The van der Waals surface area contributed by atoms with Crippen LogP contribution in [-0.2, 0) is 14.8 Å². The summed E-state index contributed by atoms with van der Waals surface area (Å²) in [6.07, 6.45) is -0.831. The molecule has 0 atom stereocenters. The molecule has 16 heavy (non-hydrogen) atoms. The summed E-state index contributed by atoms with van der Waals surface area (Å²) in [5.74, 6) is 0. The van der Waals surface area contributed by atoms with Gasteiger partial charge in [-0.2, -0.15) is 4.31 Å². The highest BCUT2D eigenvalue weighted by Crippen LogP contribution is 2.44. The summed E-state index contributed by atoms with van der Waals surface area (Å²) in [5.41, 5.74) is -1.09. The minimum Gasteiger partial charge on any atom is -0.464 e. The molecule has 0 aromatic carbocycles. The van der Waals surface area contributed by atoms with Crippen molar-refractivity contribution in [3.05, 3.63) is 0 Å². The molecule has 0 bridgehead atoms. The minimum atomic E-state index is -4.13. The Labute approximate surface area is 94.3 Å². The molecular formula is C9H15NO5S. The summed E-state index contributed by atoms with van der Waals surface area (Å²) in [5, 5.41) is 8.96. The van der Waals surface area contributed by atoms with E-state index in [0.717, 1.165) is 0 Å². The second-order valence-electron chi connectivity index (χ2n) is 4.91. The zero-order chi connectivity index (χ0) is 12.8. The lowest BCUT2D eigenvalue weighted by molar-refractivity contribution is -0.108. The lowest BCUT2D eigenvalue weighted by Gasteiger charge is -2.33. The average molecular weight is 249 g/mol. The molecule has 0 heterocycles. The quantitative estimate of drug-likeness (QED) is 0.748. The smallest absolute Gasteiger partial charge is 0.421 e. The molecule has 0 spiro atoms. The van der Waals surface area contributed by atoms with Crippen LogP contribution in [-0.4, -0.2) is 40.5 Å². The first kappa shape index (κ1) is 13.0. The molecule has 1 rings (SSSR count). The van der Waals surface area contributed by atoms with E-state index in [9.17, 15) is 18.0 Å². The van der Waals surface area contributed by atoms with Gasteiger partial charge in [0.15, 0.2) is 0 Å². The fourth-order valence-electron chi connectivity index (χ4n) is 1.49. The van der Waals surface area contributed by atoms with Gasteiger partial charge in [-0.15, -0.1) is 0 Å². The van der Waals surface area contributed by atoms with Crippen molar-refractivity contribution in [3.8, 4) is 0 Å². The van der Waals surface area contributed by atoms with Crippen molar-refractivity contribution in [3.63, 3.8) is 0 Å². The van der Waals surface area contributed by atoms with Gasteiger partial charge < -0.3 is 9.90 Å². The van der Waals surface area contributed by atoms with Crippen LogP contribution >= 0.6 is 0 Å². The fraction of sp³-hybridized carbons (Fsp3) is 0.778. The van der Waals surface area contributed by atoms with Gasteiger partial charge >= 0.3 is 6.09 Å². The molecule has 1 aliphatic rings. The molecule has 1 amide bonds. The van der Waals surface area contributed by atoms with Crippen LogP contribution in [0.15, 0.2) is 0 Å². The molecule has 6 nitrogen and oxygen atoms in total. The van der Waals surface area contributed by atoms with E-state index in [0.29, 0.717) is 10.6 Å². The van der Waals surface area contributed by atoms with Gasteiger partial charge in [-0.1, -0.05) is 0 Å². The second-order valence-corrected chi connectivity index (χ2v) is 7.03. The molecule has 1 fully saturated rings. The van der Waals surface area contributed by atoms with Gasteiger partial charge in [-0.05, 0) is 33.6 Å². The lowest BCUT2D eigenvalue weighted by atomic mass is 10.1. The molecule has 7 heteroatoms. The van der Waals surface area contributed by atoms with Crippen molar-refractivity contribution in [1.29, 1.82) is 0 Å². The molecule has 0 saturated heterocycles. The number of hydrogen-bond donors (Lipinski definition) is 1. The molecule has 0 aromatic heterocycles. The molecule has 1 N–H and O–H groups in total. The van der Waals surface area contributed by atoms with Crippen LogP contribution in [0.2, 0.25) is 0 Å². The molecular weight excluding hydrogens is 234 g/mol. The standard InChI is InChI=1S/C9H15NO5S/c1-8(2,3)10(7(12)13)16(14,15)9(6-11)4-5-9/h6H,4-5H2,1-3H3,(H,12,13). The van der Waals surface area contributed by atoms with E-state index < -0.39 is 26.4 Å². The molecule has 0 unspecified atom stereocenters. The van der Waals surface area contributed by atoms with Gasteiger partial charge in [0.05, 0.1) is 5.54 Å². The number of carboxylic acid groups (broad SMARTS) is 1. The molecule has 0 radical (unpaired) electrons. The molecule has 0 aromatic rings. The monoisotopic (exact) mass is 249 g/mol. The number of carbonyl (C=O) groups is 2. The summed E-state index contributed by atoms with van der Waals surface area (Å²) in [6, 6.07) is 0. The normalized spacial score (nSPS) is 18.9. The van der Waals surface area contributed by atoms with Crippen LogP contribution in [0, 0.1) is 0 Å². The van der Waals surface area contributed by atoms with Gasteiger partial charge in [-0.3, -0.25) is 0 Å². The second kappa shape index (κ2) is 3.44. The molecule has 0 aliphatic heterocycles. The van der Waals surface area contributed by atoms with Crippen molar-refractivity contribution in [1.82, 2.24) is 4.31 Å². The van der Waals surface area contributed by atoms with Crippen molar-refractivity contribution < 1.29 is 23.1 Å². The Morgan fingerprint density at radius 2 is 1.81 bits per heavy atom. The van der Waals surface area contributed by atoms with Gasteiger partial charge in [0.1, 0.15) is 11.0 Å². The number of sulfonamides is 1. The van der Waals surface area contributed by atoms with E-state index in [1.54, 1.807) is 0 Å². The van der Waals surface area contributed by atoms with E-state index in [1.165, 1.54) is 20.8 Å². The van der Waals surface area contributed by atoms with E-state index >= 15 is 0 Å². The minimum absolute atomic E-state index is 0.193. The Balaban J connectivity index is 3.25. The van der Waals surface area contributed by atoms with Crippen LogP contribution < -0.4 is 0 Å². The molecule has 92 valence electrons. The summed E-state index contributed by atoms with van der Waals surface area (Å²) in [4.78, 5) is 21.8. The number of hydrogen-bond acceptors (Lipinski definition) is 4. The first-order chi connectivity index (χ1) is 7.08. The summed E-state index contributed by atoms with van der Waals surface area (Å²) in [7, 11) is -4.13. The van der Waals surface area contributed by atoms with Crippen molar-refractivity contribution >= 4 is 22.4 Å². The van der Waals surface area contributed by atoms with E-state index in [-0.39, 0.29) is 12.8 Å². The van der Waals surface area contributed by atoms with Gasteiger partial charge in [0.2, 0.25) is 0 Å². The lowest BCUT2D eigenvalue weighted by Crippen LogP contribution is -2.53. The topological polar surface area (TPSA) is 91.8 Å². The van der Waals surface area contributed by atoms with E-state index in [1.807, 2.05) is 0 Å². The van der Waals surface area contributed by atoms with Gasteiger partial charge in [0.25, 0.3) is 10.0 Å². The highest BCUT2D eigenvalue weighted by molar-refractivity contribution is 7.92. The van der Waals surface area contributed by atoms with E-state index in [4.69, 9.17) is 5.11 Å². The number of nitrogens with zero attached hydrogens (tertiary/aromatic N) is 1. The Bertz CT molecular complexity index is 416. The SMILES string of the molecule is CC(C)(C)N(C(=O)O)S(=O)(=O)C1(C=O)CC1. The fourth-order valence-corrected chi connectivity index (χ4v) is 3.52. The predicted octanol–water partition coefficient (Wildman–Crippen LogP) is 0.826. The number of carbonyl (C=O) groups excluding carboxylic acids is 1. The van der Waals surface area contributed by atoms with Crippen LogP contribution in [0.5, 0.6) is 0 Å². The van der Waals surface area contributed by atoms with Crippen molar-refractivity contribution in [2.75, 3.05) is 0 Å². The zero-order valence-electron chi connectivity index (χ0n) is 9.43. The van der Waals surface area contributed by atoms with Crippen LogP contribution in [0.3, 0.4) is 0 Å². The third kappa shape index (κ3) is 1.79. The highest BCUT2D eigenvalue weighted by Gasteiger charge is 2.60. The van der Waals surface area contributed by atoms with Crippen LogP contribution in [0.1, 0.15) is 33.6 Å². The predicted molar refractivity (Wildman–Crippen MR) is 56.6 cm³/mol. The largest absolute Gasteiger partial charge is 0.464 e. The Hall–Kier alpha value is -1.11. The highest BCUT2D eigenvalue weighted by atomic mass is 32.2. The van der Waals surface area contributed by atoms with Crippen molar-refractivity contribution in [2.45, 2.75) is 43.9 Å². The third-order valence-corrected chi connectivity index (χ3v) is 5.21. The maximum Gasteiger partial charge on any atom is 0.421 e. The zero-order valence-corrected chi connectivity index (χ0v) is 10.2. The Morgan fingerprint density at radius 3 is 2.00 bits per heavy atom. The number of aldehydes is 1.